The first-order valence-corrected chi connectivity index (χ1v) is 6.19. The number of aldehydes is 1. The maximum absolute atomic E-state index is 11.2. The number of nitrogens with one attached hydrogen (secondary N) is 1. The fourth-order valence-electron chi connectivity index (χ4n) is 2.55. The van der Waals surface area contributed by atoms with Gasteiger partial charge in [-0.05, 0) is 31.0 Å². The Bertz CT molecular complexity index is 751. The highest BCUT2D eigenvalue weighted by Crippen LogP contribution is 2.30. The van der Waals surface area contributed by atoms with Crippen molar-refractivity contribution in [3.05, 3.63) is 53.3 Å². The summed E-state index contributed by atoms with van der Waals surface area (Å²) >= 11 is 0. The highest BCUT2D eigenvalue weighted by Gasteiger charge is 2.11. The first kappa shape index (κ1) is 11.7. The number of aromatic nitrogens is 2. The molecule has 0 radical (unpaired) electrons. The average Bonchev–Trinajstić information content (AvgIpc) is 2.80. The summed E-state index contributed by atoms with van der Waals surface area (Å²) in [5.74, 6) is 0. The number of aromatic amines is 1. The molecule has 0 bridgehead atoms. The standard InChI is InChI=1S/C16H14N2O/c1-10-5-11(2)7-12(6-10)14-3-4-17-16-15(14)13(9-19)8-18-16/h3-9H,1-2H3,(H,17,18). The fraction of sp³-hybridized carbons (Fsp3) is 0.125. The second-order valence-electron chi connectivity index (χ2n) is 4.82. The predicted molar refractivity (Wildman–Crippen MR) is 76.4 cm³/mol. The van der Waals surface area contributed by atoms with E-state index in [4.69, 9.17) is 0 Å². The predicted octanol–water partition coefficient (Wildman–Crippen LogP) is 3.66. The zero-order valence-corrected chi connectivity index (χ0v) is 10.9. The molecule has 0 aliphatic heterocycles. The summed E-state index contributed by atoms with van der Waals surface area (Å²) in [5.41, 5.74) is 5.98. The van der Waals surface area contributed by atoms with Crippen molar-refractivity contribution in [2.75, 3.05) is 0 Å². The first-order chi connectivity index (χ1) is 9.19. The Balaban J connectivity index is 2.35. The van der Waals surface area contributed by atoms with Gasteiger partial charge in [0, 0.05) is 23.3 Å². The molecule has 0 aliphatic carbocycles. The number of fused-ring (bicyclic) bond motifs is 1. The van der Waals surface area contributed by atoms with Gasteiger partial charge in [-0.2, -0.15) is 0 Å². The Morgan fingerprint density at radius 2 is 1.89 bits per heavy atom. The fourth-order valence-corrected chi connectivity index (χ4v) is 2.55. The molecule has 0 fully saturated rings. The molecule has 0 unspecified atom stereocenters. The summed E-state index contributed by atoms with van der Waals surface area (Å²) < 4.78 is 0. The molecule has 0 saturated carbocycles. The van der Waals surface area contributed by atoms with Gasteiger partial charge in [0.05, 0.1) is 0 Å². The molecule has 0 aliphatic rings. The van der Waals surface area contributed by atoms with E-state index < -0.39 is 0 Å². The molecule has 1 aromatic carbocycles. The number of carbonyl (C=O) groups excluding carboxylic acids is 1. The molecule has 19 heavy (non-hydrogen) atoms. The van der Waals surface area contributed by atoms with Gasteiger partial charge < -0.3 is 4.98 Å². The Labute approximate surface area is 111 Å². The van der Waals surface area contributed by atoms with E-state index in [0.29, 0.717) is 5.56 Å². The Hall–Kier alpha value is -2.42. The van der Waals surface area contributed by atoms with Crippen molar-refractivity contribution in [1.82, 2.24) is 9.97 Å². The minimum absolute atomic E-state index is 0.650. The lowest BCUT2D eigenvalue weighted by Crippen LogP contribution is -1.87. The van der Waals surface area contributed by atoms with Crippen molar-refractivity contribution in [1.29, 1.82) is 0 Å². The van der Waals surface area contributed by atoms with Crippen LogP contribution in [0.2, 0.25) is 0 Å². The normalized spacial score (nSPS) is 10.8. The molecule has 94 valence electrons. The molecule has 3 heteroatoms. The third-order valence-electron chi connectivity index (χ3n) is 3.26. The van der Waals surface area contributed by atoms with Gasteiger partial charge in [0.1, 0.15) is 5.65 Å². The van der Waals surface area contributed by atoms with Crippen LogP contribution in [0.4, 0.5) is 0 Å². The second-order valence-corrected chi connectivity index (χ2v) is 4.82. The number of pyridine rings is 1. The molecular weight excluding hydrogens is 236 g/mol. The lowest BCUT2D eigenvalue weighted by Gasteiger charge is -2.07. The van der Waals surface area contributed by atoms with Gasteiger partial charge in [-0.1, -0.05) is 29.3 Å². The van der Waals surface area contributed by atoms with Gasteiger partial charge >= 0.3 is 0 Å². The van der Waals surface area contributed by atoms with Gasteiger partial charge in [0.25, 0.3) is 0 Å². The van der Waals surface area contributed by atoms with Crippen LogP contribution in [0.5, 0.6) is 0 Å². The summed E-state index contributed by atoms with van der Waals surface area (Å²) in [5, 5.41) is 0.891. The van der Waals surface area contributed by atoms with Crippen LogP contribution in [0.1, 0.15) is 21.5 Å². The largest absolute Gasteiger partial charge is 0.345 e. The number of benzene rings is 1. The van der Waals surface area contributed by atoms with E-state index in [2.05, 4.69) is 42.0 Å². The Morgan fingerprint density at radius 3 is 2.58 bits per heavy atom. The molecule has 0 amide bonds. The minimum Gasteiger partial charge on any atom is -0.345 e. The number of carbonyl (C=O) groups is 1. The summed E-state index contributed by atoms with van der Waals surface area (Å²) in [7, 11) is 0. The van der Waals surface area contributed by atoms with Gasteiger partial charge in [0.15, 0.2) is 6.29 Å². The third kappa shape index (κ3) is 1.93. The van der Waals surface area contributed by atoms with Crippen LogP contribution in [0.25, 0.3) is 22.2 Å². The Morgan fingerprint density at radius 1 is 1.16 bits per heavy atom. The quantitative estimate of drug-likeness (QED) is 0.705. The van der Waals surface area contributed by atoms with Crippen LogP contribution in [0.15, 0.2) is 36.7 Å². The number of hydrogen-bond donors (Lipinski definition) is 1. The van der Waals surface area contributed by atoms with Crippen LogP contribution < -0.4 is 0 Å². The average molecular weight is 250 g/mol. The summed E-state index contributed by atoms with van der Waals surface area (Å²) in [6, 6.07) is 8.35. The van der Waals surface area contributed by atoms with Crippen molar-refractivity contribution in [2.24, 2.45) is 0 Å². The smallest absolute Gasteiger partial charge is 0.152 e. The molecule has 2 heterocycles. The van der Waals surface area contributed by atoms with Crippen molar-refractivity contribution < 1.29 is 4.79 Å². The van der Waals surface area contributed by atoms with Crippen LogP contribution in [0, 0.1) is 13.8 Å². The van der Waals surface area contributed by atoms with Gasteiger partial charge in [0.2, 0.25) is 0 Å². The lowest BCUT2D eigenvalue weighted by molar-refractivity contribution is 0.112. The van der Waals surface area contributed by atoms with Gasteiger partial charge in [-0.15, -0.1) is 0 Å². The molecular formula is C16H14N2O. The van der Waals surface area contributed by atoms with Crippen LogP contribution in [-0.4, -0.2) is 16.3 Å². The number of aryl methyl sites for hydroxylation is 2. The zero-order valence-electron chi connectivity index (χ0n) is 10.9. The second kappa shape index (κ2) is 4.35. The molecule has 0 atom stereocenters. The number of rotatable bonds is 2. The Kier molecular flexibility index (Phi) is 2.67. The molecule has 0 spiro atoms. The van der Waals surface area contributed by atoms with Crippen molar-refractivity contribution >= 4 is 17.3 Å². The lowest BCUT2D eigenvalue weighted by atomic mass is 9.98. The van der Waals surface area contributed by atoms with E-state index >= 15 is 0 Å². The van der Waals surface area contributed by atoms with E-state index in [1.54, 1.807) is 12.4 Å². The van der Waals surface area contributed by atoms with Gasteiger partial charge in [-0.25, -0.2) is 4.98 Å². The van der Waals surface area contributed by atoms with Crippen LogP contribution in [0.3, 0.4) is 0 Å². The molecule has 3 rings (SSSR count). The van der Waals surface area contributed by atoms with Gasteiger partial charge in [-0.3, -0.25) is 4.79 Å². The maximum atomic E-state index is 11.2. The number of nitrogens with zero attached hydrogens (tertiary/aromatic N) is 1. The topological polar surface area (TPSA) is 45.8 Å². The highest BCUT2D eigenvalue weighted by atomic mass is 16.1. The van der Waals surface area contributed by atoms with Crippen molar-refractivity contribution in [2.45, 2.75) is 13.8 Å². The summed E-state index contributed by atoms with van der Waals surface area (Å²) in [6.45, 7) is 4.15. The van der Waals surface area contributed by atoms with Crippen LogP contribution in [-0.2, 0) is 0 Å². The molecule has 3 aromatic rings. The van der Waals surface area contributed by atoms with E-state index in [1.165, 1.54) is 11.1 Å². The highest BCUT2D eigenvalue weighted by molar-refractivity contribution is 6.04. The summed E-state index contributed by atoms with van der Waals surface area (Å²) in [6.07, 6.45) is 4.34. The maximum Gasteiger partial charge on any atom is 0.152 e. The van der Waals surface area contributed by atoms with E-state index in [9.17, 15) is 4.79 Å². The number of hydrogen-bond acceptors (Lipinski definition) is 2. The number of H-pyrrole nitrogens is 1. The first-order valence-electron chi connectivity index (χ1n) is 6.19. The van der Waals surface area contributed by atoms with E-state index in [0.717, 1.165) is 28.4 Å². The van der Waals surface area contributed by atoms with E-state index in [-0.39, 0.29) is 0 Å². The van der Waals surface area contributed by atoms with Crippen molar-refractivity contribution in [3.63, 3.8) is 0 Å². The molecule has 1 N–H and O–H groups in total. The molecule has 2 aromatic heterocycles. The zero-order chi connectivity index (χ0) is 13.4. The molecule has 3 nitrogen and oxygen atoms in total. The van der Waals surface area contributed by atoms with Crippen LogP contribution >= 0.6 is 0 Å². The molecule has 0 saturated heterocycles. The van der Waals surface area contributed by atoms with E-state index in [1.807, 2.05) is 6.07 Å². The van der Waals surface area contributed by atoms with Crippen molar-refractivity contribution in [3.8, 4) is 11.1 Å². The summed E-state index contributed by atoms with van der Waals surface area (Å²) in [4.78, 5) is 18.5. The minimum atomic E-state index is 0.650. The third-order valence-corrected chi connectivity index (χ3v) is 3.26. The monoisotopic (exact) mass is 250 g/mol. The SMILES string of the molecule is Cc1cc(C)cc(-c2ccnc3[nH]cc(C=O)c23)c1.